The number of nitrogens with zero attached hydrogens (tertiary/aromatic N) is 1. The van der Waals surface area contributed by atoms with Crippen LogP contribution < -0.4 is 10.6 Å². The van der Waals surface area contributed by atoms with Crippen LogP contribution in [-0.4, -0.2) is 23.5 Å². The summed E-state index contributed by atoms with van der Waals surface area (Å²) in [4.78, 5) is 16.4. The Labute approximate surface area is 121 Å². The van der Waals surface area contributed by atoms with E-state index in [1.54, 1.807) is 12.3 Å². The quantitative estimate of drug-likeness (QED) is 0.868. The molecule has 4 nitrogen and oxygen atoms in total. The first-order valence-corrected chi connectivity index (χ1v) is 7.62. The maximum atomic E-state index is 12.2. The second-order valence-electron chi connectivity index (χ2n) is 5.85. The van der Waals surface area contributed by atoms with Crippen molar-refractivity contribution in [2.45, 2.75) is 46.1 Å². The number of carbonyl (C=O) groups is 1. The summed E-state index contributed by atoms with van der Waals surface area (Å²) in [7, 11) is 0. The average molecular weight is 275 g/mol. The minimum Gasteiger partial charge on any atom is -0.384 e. The molecule has 0 aliphatic heterocycles. The molecule has 1 aliphatic carbocycles. The molecular formula is C16H25N3O. The summed E-state index contributed by atoms with van der Waals surface area (Å²) in [6, 6.07) is 3.99. The topological polar surface area (TPSA) is 54.0 Å². The van der Waals surface area contributed by atoms with Gasteiger partial charge in [-0.25, -0.2) is 4.98 Å². The molecule has 110 valence electrons. The third-order valence-electron chi connectivity index (χ3n) is 4.36. The highest BCUT2D eigenvalue weighted by Crippen LogP contribution is 2.31. The van der Waals surface area contributed by atoms with Crippen LogP contribution in [0.4, 0.5) is 5.69 Å². The summed E-state index contributed by atoms with van der Waals surface area (Å²) < 4.78 is 0. The Morgan fingerprint density at radius 2 is 2.15 bits per heavy atom. The fourth-order valence-corrected chi connectivity index (χ4v) is 2.71. The van der Waals surface area contributed by atoms with E-state index in [0.29, 0.717) is 17.5 Å². The molecule has 0 aromatic carbocycles. The summed E-state index contributed by atoms with van der Waals surface area (Å²) in [6.45, 7) is 7.51. The molecule has 1 aromatic rings. The van der Waals surface area contributed by atoms with Gasteiger partial charge in [-0.2, -0.15) is 0 Å². The average Bonchev–Trinajstić information content (AvgIpc) is 2.77. The first-order valence-electron chi connectivity index (χ1n) is 7.62. The molecule has 2 N–H and O–H groups in total. The normalized spacial score (nSPS) is 25.4. The monoisotopic (exact) mass is 275 g/mol. The van der Waals surface area contributed by atoms with Gasteiger partial charge in [-0.3, -0.25) is 4.79 Å². The van der Waals surface area contributed by atoms with E-state index >= 15 is 0 Å². The number of carbonyl (C=O) groups excluding carboxylic acids is 1. The second-order valence-corrected chi connectivity index (χ2v) is 5.85. The van der Waals surface area contributed by atoms with Crippen LogP contribution in [0.1, 0.15) is 50.5 Å². The number of amides is 1. The highest BCUT2D eigenvalue weighted by Gasteiger charge is 2.31. The highest BCUT2D eigenvalue weighted by atomic mass is 16.1. The minimum absolute atomic E-state index is 0.0574. The molecule has 3 atom stereocenters. The molecule has 0 saturated heterocycles. The molecule has 1 fully saturated rings. The fourth-order valence-electron chi connectivity index (χ4n) is 2.71. The zero-order valence-corrected chi connectivity index (χ0v) is 12.6. The Balaban J connectivity index is 1.92. The molecule has 20 heavy (non-hydrogen) atoms. The van der Waals surface area contributed by atoms with Gasteiger partial charge in [0.05, 0.1) is 11.9 Å². The second kappa shape index (κ2) is 6.73. The third kappa shape index (κ3) is 3.50. The van der Waals surface area contributed by atoms with Gasteiger partial charge >= 0.3 is 0 Å². The SMILES string of the molecule is CCCNc1ccc(C(=O)NC2CCC(C)C2C)nc1. The maximum Gasteiger partial charge on any atom is 0.270 e. The van der Waals surface area contributed by atoms with E-state index in [2.05, 4.69) is 36.4 Å². The van der Waals surface area contributed by atoms with Crippen LogP contribution in [0.2, 0.25) is 0 Å². The van der Waals surface area contributed by atoms with Crippen LogP contribution in [0, 0.1) is 11.8 Å². The molecular weight excluding hydrogens is 250 g/mol. The van der Waals surface area contributed by atoms with Crippen molar-refractivity contribution >= 4 is 11.6 Å². The van der Waals surface area contributed by atoms with E-state index in [9.17, 15) is 4.79 Å². The molecule has 1 aliphatic rings. The van der Waals surface area contributed by atoms with Gasteiger partial charge < -0.3 is 10.6 Å². The standard InChI is InChI=1S/C16H25N3O/c1-4-9-17-13-6-8-15(18-10-13)16(20)19-14-7-5-11(2)12(14)3/h6,8,10-12,14,17H,4-5,7,9H2,1-3H3,(H,19,20). The van der Waals surface area contributed by atoms with E-state index < -0.39 is 0 Å². The predicted molar refractivity (Wildman–Crippen MR) is 81.8 cm³/mol. The van der Waals surface area contributed by atoms with Crippen LogP contribution in [0.5, 0.6) is 0 Å². The van der Waals surface area contributed by atoms with Gasteiger partial charge in [0.2, 0.25) is 0 Å². The van der Waals surface area contributed by atoms with E-state index in [0.717, 1.165) is 25.1 Å². The van der Waals surface area contributed by atoms with Crippen molar-refractivity contribution in [3.05, 3.63) is 24.0 Å². The van der Waals surface area contributed by atoms with Gasteiger partial charge in [-0.05, 0) is 43.2 Å². The van der Waals surface area contributed by atoms with Crippen molar-refractivity contribution in [2.75, 3.05) is 11.9 Å². The third-order valence-corrected chi connectivity index (χ3v) is 4.36. The molecule has 3 unspecified atom stereocenters. The van der Waals surface area contributed by atoms with Crippen molar-refractivity contribution in [1.82, 2.24) is 10.3 Å². The molecule has 1 saturated carbocycles. The van der Waals surface area contributed by atoms with Crippen molar-refractivity contribution in [2.24, 2.45) is 11.8 Å². The van der Waals surface area contributed by atoms with E-state index in [1.165, 1.54) is 6.42 Å². The van der Waals surface area contributed by atoms with Gasteiger partial charge in [-0.1, -0.05) is 20.8 Å². The van der Waals surface area contributed by atoms with Crippen molar-refractivity contribution in [3.63, 3.8) is 0 Å². The highest BCUT2D eigenvalue weighted by molar-refractivity contribution is 5.92. The van der Waals surface area contributed by atoms with Gasteiger partial charge in [0, 0.05) is 12.6 Å². The summed E-state index contributed by atoms with van der Waals surface area (Å²) in [5.41, 5.74) is 1.46. The van der Waals surface area contributed by atoms with Crippen molar-refractivity contribution < 1.29 is 4.79 Å². The molecule has 0 radical (unpaired) electrons. The van der Waals surface area contributed by atoms with Crippen molar-refractivity contribution in [1.29, 1.82) is 0 Å². The number of nitrogens with one attached hydrogen (secondary N) is 2. The van der Waals surface area contributed by atoms with Gasteiger partial charge in [0.1, 0.15) is 5.69 Å². The predicted octanol–water partition coefficient (Wildman–Crippen LogP) is 3.07. The first-order chi connectivity index (χ1) is 9.61. The number of hydrogen-bond acceptors (Lipinski definition) is 3. The number of pyridine rings is 1. The van der Waals surface area contributed by atoms with Crippen LogP contribution in [0.25, 0.3) is 0 Å². The Kier molecular flexibility index (Phi) is 4.99. The van der Waals surface area contributed by atoms with Crippen LogP contribution in [0.15, 0.2) is 18.3 Å². The summed E-state index contributed by atoms with van der Waals surface area (Å²) in [6.07, 6.45) is 5.06. The molecule has 2 rings (SSSR count). The Morgan fingerprint density at radius 3 is 2.70 bits per heavy atom. The number of anilines is 1. The Morgan fingerprint density at radius 1 is 1.35 bits per heavy atom. The maximum absolute atomic E-state index is 12.2. The lowest BCUT2D eigenvalue weighted by Gasteiger charge is -2.19. The van der Waals surface area contributed by atoms with Crippen LogP contribution in [0.3, 0.4) is 0 Å². The largest absolute Gasteiger partial charge is 0.384 e. The molecule has 1 amide bonds. The Hall–Kier alpha value is -1.58. The molecule has 0 bridgehead atoms. The Bertz CT molecular complexity index is 444. The van der Waals surface area contributed by atoms with Crippen LogP contribution in [-0.2, 0) is 0 Å². The van der Waals surface area contributed by atoms with Crippen LogP contribution >= 0.6 is 0 Å². The minimum atomic E-state index is -0.0574. The van der Waals surface area contributed by atoms with E-state index in [-0.39, 0.29) is 11.9 Å². The van der Waals surface area contributed by atoms with Gasteiger partial charge in [0.25, 0.3) is 5.91 Å². The number of hydrogen-bond donors (Lipinski definition) is 2. The number of rotatable bonds is 5. The lowest BCUT2D eigenvalue weighted by atomic mass is 9.98. The summed E-state index contributed by atoms with van der Waals surface area (Å²) >= 11 is 0. The van der Waals surface area contributed by atoms with Gasteiger partial charge in [0.15, 0.2) is 0 Å². The first kappa shape index (κ1) is 14.8. The molecule has 1 heterocycles. The molecule has 1 aromatic heterocycles. The van der Waals surface area contributed by atoms with E-state index in [4.69, 9.17) is 0 Å². The summed E-state index contributed by atoms with van der Waals surface area (Å²) in [5.74, 6) is 1.18. The summed E-state index contributed by atoms with van der Waals surface area (Å²) in [5, 5.41) is 6.37. The zero-order valence-electron chi connectivity index (χ0n) is 12.6. The number of aromatic nitrogens is 1. The van der Waals surface area contributed by atoms with Crippen molar-refractivity contribution in [3.8, 4) is 0 Å². The smallest absolute Gasteiger partial charge is 0.270 e. The lowest BCUT2D eigenvalue weighted by Crippen LogP contribution is -2.37. The molecule has 4 heteroatoms. The molecule has 0 spiro atoms. The zero-order chi connectivity index (χ0) is 14.5. The van der Waals surface area contributed by atoms with Gasteiger partial charge in [-0.15, -0.1) is 0 Å². The fraction of sp³-hybridized carbons (Fsp3) is 0.625. The van der Waals surface area contributed by atoms with E-state index in [1.807, 2.05) is 6.07 Å². The lowest BCUT2D eigenvalue weighted by molar-refractivity contribution is 0.0922.